The highest BCUT2D eigenvalue weighted by Crippen LogP contribution is 2.32. The molecule has 0 saturated carbocycles. The molecule has 0 aliphatic carbocycles. The van der Waals surface area contributed by atoms with Crippen molar-refractivity contribution in [2.45, 2.75) is 32.2 Å². The SMILES string of the molecule is Oc1cccc(CN2CCCCCC2)c1-c1ccccn1. The fraction of sp³-hybridized carbons (Fsp3) is 0.389. The van der Waals surface area contributed by atoms with Gasteiger partial charge in [0, 0.05) is 18.3 Å². The number of aromatic hydroxyl groups is 1. The van der Waals surface area contributed by atoms with Crippen molar-refractivity contribution < 1.29 is 5.11 Å². The highest BCUT2D eigenvalue weighted by atomic mass is 16.3. The number of likely N-dealkylation sites (tertiary alicyclic amines) is 1. The number of pyridine rings is 1. The van der Waals surface area contributed by atoms with Gasteiger partial charge in [-0.05, 0) is 49.7 Å². The van der Waals surface area contributed by atoms with Crippen LogP contribution in [0.3, 0.4) is 0 Å². The first-order chi connectivity index (χ1) is 10.3. The third-order valence-electron chi connectivity index (χ3n) is 4.14. The number of aromatic nitrogens is 1. The van der Waals surface area contributed by atoms with Crippen molar-refractivity contribution in [3.05, 3.63) is 48.2 Å². The van der Waals surface area contributed by atoms with Crippen LogP contribution in [-0.4, -0.2) is 28.1 Å². The molecule has 21 heavy (non-hydrogen) atoms. The van der Waals surface area contributed by atoms with E-state index >= 15 is 0 Å². The van der Waals surface area contributed by atoms with Crippen molar-refractivity contribution in [1.82, 2.24) is 9.88 Å². The number of nitrogens with zero attached hydrogens (tertiary/aromatic N) is 2. The van der Waals surface area contributed by atoms with Gasteiger partial charge in [-0.2, -0.15) is 0 Å². The van der Waals surface area contributed by atoms with Crippen LogP contribution in [0.1, 0.15) is 31.2 Å². The van der Waals surface area contributed by atoms with Crippen LogP contribution in [0.5, 0.6) is 5.75 Å². The molecule has 1 aliphatic rings. The van der Waals surface area contributed by atoms with Crippen molar-refractivity contribution in [1.29, 1.82) is 0 Å². The topological polar surface area (TPSA) is 36.4 Å². The highest BCUT2D eigenvalue weighted by Gasteiger charge is 2.15. The van der Waals surface area contributed by atoms with E-state index in [9.17, 15) is 5.11 Å². The van der Waals surface area contributed by atoms with E-state index < -0.39 is 0 Å². The van der Waals surface area contributed by atoms with E-state index in [2.05, 4.69) is 16.0 Å². The molecule has 1 aromatic carbocycles. The molecule has 0 unspecified atom stereocenters. The molecule has 1 N–H and O–H groups in total. The fourth-order valence-corrected chi connectivity index (χ4v) is 3.06. The Hall–Kier alpha value is -1.87. The van der Waals surface area contributed by atoms with Crippen LogP contribution in [0.2, 0.25) is 0 Å². The minimum atomic E-state index is 0.320. The predicted molar refractivity (Wildman–Crippen MR) is 85.1 cm³/mol. The molecule has 2 aromatic rings. The summed E-state index contributed by atoms with van der Waals surface area (Å²) in [4.78, 5) is 6.90. The van der Waals surface area contributed by atoms with Crippen molar-refractivity contribution >= 4 is 0 Å². The predicted octanol–water partition coefficient (Wildman–Crippen LogP) is 3.83. The first-order valence-corrected chi connectivity index (χ1v) is 7.79. The van der Waals surface area contributed by atoms with Gasteiger partial charge in [-0.1, -0.05) is 31.0 Å². The number of phenols is 1. The Kier molecular flexibility index (Phi) is 4.51. The molecule has 3 rings (SSSR count). The minimum absolute atomic E-state index is 0.320. The molecule has 110 valence electrons. The summed E-state index contributed by atoms with van der Waals surface area (Å²) < 4.78 is 0. The molecule has 1 saturated heterocycles. The summed E-state index contributed by atoms with van der Waals surface area (Å²) in [6.07, 6.45) is 7.00. The van der Waals surface area contributed by atoms with Crippen LogP contribution in [0.15, 0.2) is 42.6 Å². The van der Waals surface area contributed by atoms with Crippen molar-refractivity contribution in [3.63, 3.8) is 0 Å². The zero-order valence-corrected chi connectivity index (χ0v) is 12.3. The minimum Gasteiger partial charge on any atom is -0.507 e. The molecular weight excluding hydrogens is 260 g/mol. The van der Waals surface area contributed by atoms with E-state index in [1.54, 1.807) is 12.3 Å². The smallest absolute Gasteiger partial charge is 0.125 e. The lowest BCUT2D eigenvalue weighted by Gasteiger charge is -2.21. The van der Waals surface area contributed by atoms with Crippen molar-refractivity contribution in [2.24, 2.45) is 0 Å². The Bertz CT molecular complexity index is 575. The van der Waals surface area contributed by atoms with Crippen molar-refractivity contribution in [3.8, 4) is 17.0 Å². The maximum atomic E-state index is 10.3. The van der Waals surface area contributed by atoms with Gasteiger partial charge < -0.3 is 5.11 Å². The summed E-state index contributed by atoms with van der Waals surface area (Å²) in [5.41, 5.74) is 2.89. The molecular formula is C18H22N2O. The molecule has 0 bridgehead atoms. The zero-order chi connectivity index (χ0) is 14.5. The van der Waals surface area contributed by atoms with Crippen LogP contribution in [0.4, 0.5) is 0 Å². The van der Waals surface area contributed by atoms with Gasteiger partial charge in [0.15, 0.2) is 0 Å². The summed E-state index contributed by atoms with van der Waals surface area (Å²) in [6, 6.07) is 11.6. The Balaban J connectivity index is 1.89. The van der Waals surface area contributed by atoms with Gasteiger partial charge in [-0.15, -0.1) is 0 Å². The lowest BCUT2D eigenvalue weighted by atomic mass is 10.0. The lowest BCUT2D eigenvalue weighted by molar-refractivity contribution is 0.277. The summed E-state index contributed by atoms with van der Waals surface area (Å²) in [5, 5.41) is 10.3. The van der Waals surface area contributed by atoms with Gasteiger partial charge in [0.05, 0.1) is 5.69 Å². The van der Waals surface area contributed by atoms with E-state index in [0.717, 1.165) is 36.5 Å². The Morgan fingerprint density at radius 3 is 2.48 bits per heavy atom. The van der Waals surface area contributed by atoms with E-state index in [0.29, 0.717) is 5.75 Å². The summed E-state index contributed by atoms with van der Waals surface area (Å²) in [5.74, 6) is 0.320. The normalized spacial score (nSPS) is 16.6. The molecule has 3 heteroatoms. The average Bonchev–Trinajstić information content (AvgIpc) is 2.77. The van der Waals surface area contributed by atoms with E-state index in [1.165, 1.54) is 25.7 Å². The molecule has 0 radical (unpaired) electrons. The average molecular weight is 282 g/mol. The number of rotatable bonds is 3. The molecule has 1 aromatic heterocycles. The third kappa shape index (κ3) is 3.42. The summed E-state index contributed by atoms with van der Waals surface area (Å²) in [6.45, 7) is 3.19. The molecule has 1 fully saturated rings. The van der Waals surface area contributed by atoms with E-state index in [-0.39, 0.29) is 0 Å². The fourth-order valence-electron chi connectivity index (χ4n) is 3.06. The van der Waals surface area contributed by atoms with Crippen LogP contribution >= 0.6 is 0 Å². The molecule has 1 aliphatic heterocycles. The Morgan fingerprint density at radius 2 is 1.76 bits per heavy atom. The van der Waals surface area contributed by atoms with E-state index in [1.807, 2.05) is 24.3 Å². The standard InChI is InChI=1S/C18H22N2O/c21-17-10-7-8-15(14-20-12-5-1-2-6-13-20)18(17)16-9-3-4-11-19-16/h3-4,7-11,21H,1-2,5-6,12-14H2. The number of benzene rings is 1. The van der Waals surface area contributed by atoms with Crippen molar-refractivity contribution in [2.75, 3.05) is 13.1 Å². The number of phenolic OH excluding ortho intramolecular Hbond substituents is 1. The summed E-state index contributed by atoms with van der Waals surface area (Å²) in [7, 11) is 0. The van der Waals surface area contributed by atoms with Gasteiger partial charge in [-0.25, -0.2) is 0 Å². The zero-order valence-electron chi connectivity index (χ0n) is 12.3. The van der Waals surface area contributed by atoms with Gasteiger partial charge in [-0.3, -0.25) is 9.88 Å². The first-order valence-electron chi connectivity index (χ1n) is 7.79. The van der Waals surface area contributed by atoms with Gasteiger partial charge in [0.25, 0.3) is 0 Å². The van der Waals surface area contributed by atoms with Gasteiger partial charge >= 0.3 is 0 Å². The highest BCUT2D eigenvalue weighted by molar-refractivity contribution is 5.70. The third-order valence-corrected chi connectivity index (χ3v) is 4.14. The second-order valence-electron chi connectivity index (χ2n) is 5.72. The maximum Gasteiger partial charge on any atom is 0.125 e. The van der Waals surface area contributed by atoms with Crippen LogP contribution in [-0.2, 0) is 6.54 Å². The number of hydrogen-bond acceptors (Lipinski definition) is 3. The van der Waals surface area contributed by atoms with Crippen LogP contribution < -0.4 is 0 Å². The Labute approximate surface area is 126 Å². The maximum absolute atomic E-state index is 10.3. The molecule has 3 nitrogen and oxygen atoms in total. The first kappa shape index (κ1) is 14.1. The van der Waals surface area contributed by atoms with Gasteiger partial charge in [0.2, 0.25) is 0 Å². The summed E-state index contributed by atoms with van der Waals surface area (Å²) >= 11 is 0. The molecule has 0 amide bonds. The molecule has 2 heterocycles. The quantitative estimate of drug-likeness (QED) is 0.929. The largest absolute Gasteiger partial charge is 0.507 e. The second kappa shape index (κ2) is 6.72. The molecule has 0 spiro atoms. The second-order valence-corrected chi connectivity index (χ2v) is 5.72. The van der Waals surface area contributed by atoms with Crippen LogP contribution in [0.25, 0.3) is 11.3 Å². The van der Waals surface area contributed by atoms with E-state index in [4.69, 9.17) is 0 Å². The monoisotopic (exact) mass is 282 g/mol. The molecule has 0 atom stereocenters. The lowest BCUT2D eigenvalue weighted by Crippen LogP contribution is -2.24. The Morgan fingerprint density at radius 1 is 0.952 bits per heavy atom. The van der Waals surface area contributed by atoms with Crippen LogP contribution in [0, 0.1) is 0 Å². The number of hydrogen-bond donors (Lipinski definition) is 1. The van der Waals surface area contributed by atoms with Gasteiger partial charge in [0.1, 0.15) is 5.75 Å².